The molecule has 0 saturated heterocycles. The molecule has 0 amide bonds. The third kappa shape index (κ3) is 6.70. The zero-order valence-corrected chi connectivity index (χ0v) is 10.0. The standard InChI is InChI=1S/C13H13F3O3/c14-13(15,16)19-10-9-18-12-7-2-1-5-11(12)6-3-4-8-17/h1-2,5,7,17H,4,8-10H2. The highest BCUT2D eigenvalue weighted by molar-refractivity contribution is 5.45. The van der Waals surface area contributed by atoms with Crippen molar-refractivity contribution in [3.05, 3.63) is 29.8 Å². The van der Waals surface area contributed by atoms with Crippen molar-refractivity contribution in [1.82, 2.24) is 0 Å². The molecule has 1 rings (SSSR count). The van der Waals surface area contributed by atoms with Crippen LogP contribution in [-0.4, -0.2) is 31.3 Å². The fourth-order valence-electron chi connectivity index (χ4n) is 1.22. The highest BCUT2D eigenvalue weighted by Crippen LogP contribution is 2.18. The van der Waals surface area contributed by atoms with E-state index in [0.29, 0.717) is 17.7 Å². The predicted octanol–water partition coefficient (Wildman–Crippen LogP) is 2.34. The Labute approximate surface area is 109 Å². The second-order valence-electron chi connectivity index (χ2n) is 3.41. The van der Waals surface area contributed by atoms with Gasteiger partial charge in [0.05, 0.1) is 18.8 Å². The van der Waals surface area contributed by atoms with E-state index >= 15 is 0 Å². The number of para-hydroxylation sites is 1. The number of alkyl halides is 3. The molecule has 1 N–H and O–H groups in total. The molecule has 1 aromatic rings. The van der Waals surface area contributed by atoms with E-state index in [1.165, 1.54) is 0 Å². The number of halogens is 3. The second kappa shape index (κ2) is 7.67. The van der Waals surface area contributed by atoms with Crippen molar-refractivity contribution in [3.63, 3.8) is 0 Å². The molecule has 0 fully saturated rings. The Bertz CT molecular complexity index is 446. The second-order valence-corrected chi connectivity index (χ2v) is 3.41. The van der Waals surface area contributed by atoms with Gasteiger partial charge in [-0.05, 0) is 12.1 Å². The maximum Gasteiger partial charge on any atom is 0.522 e. The molecule has 0 bridgehead atoms. The van der Waals surface area contributed by atoms with Crippen molar-refractivity contribution >= 4 is 0 Å². The summed E-state index contributed by atoms with van der Waals surface area (Å²) in [5, 5.41) is 8.61. The van der Waals surface area contributed by atoms with Crippen molar-refractivity contribution in [1.29, 1.82) is 0 Å². The molecule has 0 aliphatic heterocycles. The fourth-order valence-corrected chi connectivity index (χ4v) is 1.22. The van der Waals surface area contributed by atoms with E-state index < -0.39 is 13.0 Å². The smallest absolute Gasteiger partial charge is 0.490 e. The van der Waals surface area contributed by atoms with E-state index in [2.05, 4.69) is 16.6 Å². The van der Waals surface area contributed by atoms with Gasteiger partial charge in [0, 0.05) is 6.42 Å². The minimum Gasteiger partial charge on any atom is -0.490 e. The minimum atomic E-state index is -4.65. The van der Waals surface area contributed by atoms with Gasteiger partial charge in [-0.25, -0.2) is 0 Å². The van der Waals surface area contributed by atoms with Gasteiger partial charge in [0.25, 0.3) is 0 Å². The summed E-state index contributed by atoms with van der Waals surface area (Å²) in [6.07, 6.45) is -4.32. The Hall–Kier alpha value is -1.71. The quantitative estimate of drug-likeness (QED) is 0.661. The first-order valence-electron chi connectivity index (χ1n) is 5.55. The summed E-state index contributed by atoms with van der Waals surface area (Å²) < 4.78 is 44.0. The lowest BCUT2D eigenvalue weighted by Crippen LogP contribution is -2.18. The molecule has 104 valence electrons. The van der Waals surface area contributed by atoms with Gasteiger partial charge in [0.1, 0.15) is 12.4 Å². The average Bonchev–Trinajstić information content (AvgIpc) is 2.35. The lowest BCUT2D eigenvalue weighted by molar-refractivity contribution is -0.325. The normalized spacial score (nSPS) is 10.7. The third-order valence-corrected chi connectivity index (χ3v) is 1.95. The van der Waals surface area contributed by atoms with Gasteiger partial charge in [-0.2, -0.15) is 0 Å². The van der Waals surface area contributed by atoms with Crippen LogP contribution in [0, 0.1) is 11.8 Å². The topological polar surface area (TPSA) is 38.7 Å². The van der Waals surface area contributed by atoms with E-state index in [0.717, 1.165) is 0 Å². The maximum atomic E-state index is 11.7. The first-order valence-corrected chi connectivity index (χ1v) is 5.55. The lowest BCUT2D eigenvalue weighted by atomic mass is 10.2. The Morgan fingerprint density at radius 2 is 1.89 bits per heavy atom. The van der Waals surface area contributed by atoms with Crippen LogP contribution >= 0.6 is 0 Å². The molecule has 0 radical (unpaired) electrons. The van der Waals surface area contributed by atoms with Crippen LogP contribution in [0.2, 0.25) is 0 Å². The highest BCUT2D eigenvalue weighted by atomic mass is 19.4. The zero-order chi connectivity index (χ0) is 14.1. The van der Waals surface area contributed by atoms with Crippen LogP contribution in [0.25, 0.3) is 0 Å². The first kappa shape index (κ1) is 15.3. The predicted molar refractivity (Wildman–Crippen MR) is 62.5 cm³/mol. The van der Waals surface area contributed by atoms with Gasteiger partial charge < -0.3 is 9.84 Å². The molecule has 6 heteroatoms. The maximum absolute atomic E-state index is 11.7. The molecule has 19 heavy (non-hydrogen) atoms. The van der Waals surface area contributed by atoms with Crippen LogP contribution < -0.4 is 4.74 Å². The third-order valence-electron chi connectivity index (χ3n) is 1.95. The Morgan fingerprint density at radius 3 is 2.58 bits per heavy atom. The van der Waals surface area contributed by atoms with E-state index in [1.54, 1.807) is 24.3 Å². The number of aliphatic hydroxyl groups is 1. The van der Waals surface area contributed by atoms with E-state index in [1.807, 2.05) is 0 Å². The van der Waals surface area contributed by atoms with E-state index in [4.69, 9.17) is 9.84 Å². The van der Waals surface area contributed by atoms with Crippen molar-refractivity contribution in [2.45, 2.75) is 12.8 Å². The number of rotatable bonds is 5. The summed E-state index contributed by atoms with van der Waals surface area (Å²) in [6.45, 7) is -0.852. The highest BCUT2D eigenvalue weighted by Gasteiger charge is 2.28. The Morgan fingerprint density at radius 1 is 1.16 bits per heavy atom. The number of benzene rings is 1. The van der Waals surface area contributed by atoms with Crippen LogP contribution in [-0.2, 0) is 4.74 Å². The van der Waals surface area contributed by atoms with Gasteiger partial charge in [-0.3, -0.25) is 4.74 Å². The summed E-state index contributed by atoms with van der Waals surface area (Å²) in [7, 11) is 0. The molecule has 0 aliphatic carbocycles. The summed E-state index contributed by atoms with van der Waals surface area (Å²) >= 11 is 0. The molecule has 0 aliphatic rings. The van der Waals surface area contributed by atoms with Crippen molar-refractivity contribution in [3.8, 4) is 17.6 Å². The van der Waals surface area contributed by atoms with Crippen LogP contribution in [0.4, 0.5) is 13.2 Å². The molecule has 0 atom stereocenters. The summed E-state index contributed by atoms with van der Waals surface area (Å²) in [5.74, 6) is 5.88. The van der Waals surface area contributed by atoms with Gasteiger partial charge in [0.15, 0.2) is 0 Å². The van der Waals surface area contributed by atoms with Crippen LogP contribution in [0.1, 0.15) is 12.0 Å². The molecule has 0 aromatic heterocycles. The summed E-state index contributed by atoms with van der Waals surface area (Å²) in [6, 6.07) is 6.72. The zero-order valence-electron chi connectivity index (χ0n) is 10.0. The molecular weight excluding hydrogens is 261 g/mol. The molecule has 1 aromatic carbocycles. The van der Waals surface area contributed by atoms with Gasteiger partial charge in [-0.1, -0.05) is 24.0 Å². The van der Waals surface area contributed by atoms with Gasteiger partial charge >= 0.3 is 6.36 Å². The Kier molecular flexibility index (Phi) is 6.19. The summed E-state index contributed by atoms with van der Waals surface area (Å²) in [5.41, 5.74) is 0.558. The van der Waals surface area contributed by atoms with Crippen molar-refractivity contribution in [2.24, 2.45) is 0 Å². The fraction of sp³-hybridized carbons (Fsp3) is 0.385. The SMILES string of the molecule is OCCC#Cc1ccccc1OCCOC(F)(F)F. The first-order chi connectivity index (χ1) is 9.03. The number of hydrogen-bond acceptors (Lipinski definition) is 3. The van der Waals surface area contributed by atoms with Gasteiger partial charge in [-0.15, -0.1) is 13.2 Å². The minimum absolute atomic E-state index is 0.0462. The number of aliphatic hydroxyl groups excluding tert-OH is 1. The molecule has 0 saturated carbocycles. The van der Waals surface area contributed by atoms with Crippen molar-refractivity contribution in [2.75, 3.05) is 19.8 Å². The summed E-state index contributed by atoms with van der Waals surface area (Å²) in [4.78, 5) is 0. The molecule has 0 unspecified atom stereocenters. The molecular formula is C13H13F3O3. The molecule has 3 nitrogen and oxygen atoms in total. The number of ether oxygens (including phenoxy) is 2. The molecule has 0 heterocycles. The number of hydrogen-bond donors (Lipinski definition) is 1. The Balaban J connectivity index is 2.52. The largest absolute Gasteiger partial charge is 0.522 e. The monoisotopic (exact) mass is 274 g/mol. The van der Waals surface area contributed by atoms with E-state index in [9.17, 15) is 13.2 Å². The van der Waals surface area contributed by atoms with Crippen molar-refractivity contribution < 1.29 is 27.8 Å². The molecule has 0 spiro atoms. The van der Waals surface area contributed by atoms with Crippen LogP contribution in [0.5, 0.6) is 5.75 Å². The average molecular weight is 274 g/mol. The van der Waals surface area contributed by atoms with E-state index in [-0.39, 0.29) is 13.2 Å². The lowest BCUT2D eigenvalue weighted by Gasteiger charge is -2.10. The van der Waals surface area contributed by atoms with Crippen LogP contribution in [0.3, 0.4) is 0 Å². The van der Waals surface area contributed by atoms with Crippen LogP contribution in [0.15, 0.2) is 24.3 Å². The van der Waals surface area contributed by atoms with Gasteiger partial charge in [0.2, 0.25) is 0 Å².